The predicted octanol–water partition coefficient (Wildman–Crippen LogP) is 8.41. The van der Waals surface area contributed by atoms with Crippen molar-refractivity contribution in [3.05, 3.63) is 59.0 Å². The fourth-order valence-corrected chi connectivity index (χ4v) is 6.87. The summed E-state index contributed by atoms with van der Waals surface area (Å²) in [5.41, 5.74) is 2.45. The van der Waals surface area contributed by atoms with Gasteiger partial charge in [0, 0.05) is 54.7 Å². The molecule has 0 atom stereocenters. The van der Waals surface area contributed by atoms with Crippen molar-refractivity contribution in [3.8, 4) is 21.7 Å². The molecular formula is C36H43N5O7S. The van der Waals surface area contributed by atoms with Gasteiger partial charge in [0.05, 0.1) is 12.2 Å². The number of carbonyl (C=O) groups excluding carboxylic acids is 2. The second-order valence-electron chi connectivity index (χ2n) is 14.1. The standard InChI is InChI=1S/C36H43N5O7S/c1-21-18-37-14-11-24(21)23-9-10-25-26(17-23)30(41(32(42)43)34(45)48-36(5,6)7)38-19-27(25)31-39-28(20-40(8)33(44)47-35(2,3)4)29(49-31)22-12-15-46-16-13-22/h9-11,14,17-19,22H,12-13,15-16,20H2,1-8H3,(H,42,43). The first-order valence-corrected chi connectivity index (χ1v) is 17.0. The lowest BCUT2D eigenvalue weighted by molar-refractivity contribution is 0.0281. The summed E-state index contributed by atoms with van der Waals surface area (Å²) in [7, 11) is 1.69. The number of anilines is 1. The minimum Gasteiger partial charge on any atom is -0.464 e. The first kappa shape index (κ1) is 35.7. The summed E-state index contributed by atoms with van der Waals surface area (Å²) in [6, 6.07) is 7.54. The number of imide groups is 1. The fraction of sp³-hybridized carbons (Fsp3) is 0.444. The second-order valence-corrected chi connectivity index (χ2v) is 15.1. The molecule has 3 aromatic heterocycles. The molecule has 1 N–H and O–H groups in total. The van der Waals surface area contributed by atoms with Crippen molar-refractivity contribution in [2.75, 3.05) is 25.2 Å². The average Bonchev–Trinajstić information content (AvgIpc) is 3.43. The minimum absolute atomic E-state index is 0.0832. The van der Waals surface area contributed by atoms with Crippen molar-refractivity contribution in [3.63, 3.8) is 0 Å². The number of hydrogen-bond donors (Lipinski definition) is 1. The number of ether oxygens (including phenoxy) is 3. The zero-order valence-corrected chi connectivity index (χ0v) is 30.0. The maximum atomic E-state index is 13.3. The van der Waals surface area contributed by atoms with Gasteiger partial charge in [-0.3, -0.25) is 4.98 Å². The maximum absolute atomic E-state index is 13.3. The van der Waals surface area contributed by atoms with E-state index in [0.29, 0.717) is 39.5 Å². The molecule has 49 heavy (non-hydrogen) atoms. The summed E-state index contributed by atoms with van der Waals surface area (Å²) in [4.78, 5) is 55.8. The van der Waals surface area contributed by atoms with Crippen LogP contribution in [0.4, 0.5) is 20.2 Å². The number of hydrogen-bond acceptors (Lipinski definition) is 10. The number of aryl methyl sites for hydroxylation is 1. The minimum atomic E-state index is -1.52. The first-order valence-electron chi connectivity index (χ1n) is 16.1. The average molecular weight is 690 g/mol. The number of pyridine rings is 2. The van der Waals surface area contributed by atoms with Crippen LogP contribution < -0.4 is 4.90 Å². The Labute approximate surface area is 290 Å². The third kappa shape index (κ3) is 8.34. The van der Waals surface area contributed by atoms with E-state index in [1.165, 1.54) is 16.2 Å². The molecule has 1 aliphatic heterocycles. The second kappa shape index (κ2) is 14.1. The van der Waals surface area contributed by atoms with Crippen LogP contribution in [0.15, 0.2) is 42.9 Å². The van der Waals surface area contributed by atoms with E-state index in [-0.39, 0.29) is 18.3 Å². The molecule has 0 bridgehead atoms. The van der Waals surface area contributed by atoms with Crippen LogP contribution in [0, 0.1) is 6.92 Å². The summed E-state index contributed by atoms with van der Waals surface area (Å²) in [6.07, 6.45) is 3.59. The molecule has 4 aromatic rings. The van der Waals surface area contributed by atoms with Gasteiger partial charge in [-0.1, -0.05) is 12.1 Å². The van der Waals surface area contributed by atoms with Gasteiger partial charge in [0.2, 0.25) is 0 Å². The normalized spacial score (nSPS) is 14.0. The lowest BCUT2D eigenvalue weighted by Crippen LogP contribution is -2.40. The van der Waals surface area contributed by atoms with Crippen LogP contribution in [-0.4, -0.2) is 74.7 Å². The molecule has 0 aliphatic carbocycles. The molecule has 0 radical (unpaired) electrons. The Hall–Kier alpha value is -4.62. The molecule has 3 amide bonds. The smallest absolute Gasteiger partial charge is 0.425 e. The van der Waals surface area contributed by atoms with E-state index in [1.54, 1.807) is 46.4 Å². The highest BCUT2D eigenvalue weighted by Crippen LogP contribution is 2.42. The monoisotopic (exact) mass is 689 g/mol. The number of thiazole rings is 1. The van der Waals surface area contributed by atoms with E-state index in [9.17, 15) is 19.5 Å². The van der Waals surface area contributed by atoms with Crippen LogP contribution in [0.25, 0.3) is 32.5 Å². The van der Waals surface area contributed by atoms with Crippen molar-refractivity contribution in [1.29, 1.82) is 0 Å². The van der Waals surface area contributed by atoms with Gasteiger partial charge >= 0.3 is 18.3 Å². The topological polar surface area (TPSA) is 144 Å². The molecule has 0 saturated carbocycles. The number of rotatable bonds is 6. The van der Waals surface area contributed by atoms with Gasteiger partial charge in [-0.2, -0.15) is 4.90 Å². The highest BCUT2D eigenvalue weighted by atomic mass is 32.1. The maximum Gasteiger partial charge on any atom is 0.425 e. The summed E-state index contributed by atoms with van der Waals surface area (Å²) < 4.78 is 16.7. The summed E-state index contributed by atoms with van der Waals surface area (Å²) in [6.45, 7) is 13.9. The number of fused-ring (bicyclic) bond motifs is 1. The molecular weight excluding hydrogens is 646 g/mol. The number of carboxylic acid groups (broad SMARTS) is 1. The van der Waals surface area contributed by atoms with Crippen LogP contribution in [0.1, 0.15) is 76.4 Å². The van der Waals surface area contributed by atoms with Crippen LogP contribution in [-0.2, 0) is 20.8 Å². The van der Waals surface area contributed by atoms with Crippen LogP contribution in [0.5, 0.6) is 0 Å². The Bertz CT molecular complexity index is 1870. The van der Waals surface area contributed by atoms with E-state index in [2.05, 4.69) is 9.97 Å². The largest absolute Gasteiger partial charge is 0.464 e. The van der Waals surface area contributed by atoms with Crippen LogP contribution >= 0.6 is 11.3 Å². The van der Waals surface area contributed by atoms with Gasteiger partial charge < -0.3 is 24.2 Å². The van der Waals surface area contributed by atoms with Crippen molar-refractivity contribution < 1.29 is 33.7 Å². The highest BCUT2D eigenvalue weighted by Gasteiger charge is 2.33. The molecule has 4 heterocycles. The van der Waals surface area contributed by atoms with E-state index >= 15 is 0 Å². The van der Waals surface area contributed by atoms with E-state index in [1.807, 2.05) is 52.0 Å². The SMILES string of the molecule is Cc1cnccc1-c1ccc2c(-c3nc(CN(C)C(=O)OC(C)(C)C)c(C4CCOCC4)s3)cnc(N(C(=O)O)C(=O)OC(C)(C)C)c2c1. The Morgan fingerprint density at radius 3 is 2.27 bits per heavy atom. The number of benzene rings is 1. The summed E-state index contributed by atoms with van der Waals surface area (Å²) in [5, 5.41) is 12.0. The zero-order chi connectivity index (χ0) is 35.7. The van der Waals surface area contributed by atoms with Crippen LogP contribution in [0.3, 0.4) is 0 Å². The molecule has 260 valence electrons. The molecule has 0 spiro atoms. The van der Waals surface area contributed by atoms with Gasteiger partial charge in [0.1, 0.15) is 16.2 Å². The molecule has 1 aromatic carbocycles. The first-order chi connectivity index (χ1) is 23.0. The van der Waals surface area contributed by atoms with Gasteiger partial charge in [-0.25, -0.2) is 24.4 Å². The molecule has 1 saturated heterocycles. The lowest BCUT2D eigenvalue weighted by Gasteiger charge is -2.25. The van der Waals surface area contributed by atoms with Crippen LogP contribution in [0.2, 0.25) is 0 Å². The summed E-state index contributed by atoms with van der Waals surface area (Å²) in [5.74, 6) is 0.108. The van der Waals surface area contributed by atoms with Gasteiger partial charge in [-0.05, 0) is 101 Å². The Morgan fingerprint density at radius 2 is 1.63 bits per heavy atom. The third-order valence-electron chi connectivity index (χ3n) is 7.82. The van der Waals surface area contributed by atoms with Crippen molar-refractivity contribution >= 4 is 46.2 Å². The molecule has 12 nitrogen and oxygen atoms in total. The van der Waals surface area contributed by atoms with E-state index in [4.69, 9.17) is 19.2 Å². The number of amides is 3. The van der Waals surface area contributed by atoms with E-state index in [0.717, 1.165) is 40.1 Å². The zero-order valence-electron chi connectivity index (χ0n) is 29.2. The van der Waals surface area contributed by atoms with Gasteiger partial charge in [0.15, 0.2) is 5.82 Å². The molecule has 5 rings (SSSR count). The molecule has 1 fully saturated rings. The number of nitrogens with zero attached hydrogens (tertiary/aromatic N) is 5. The Kier molecular flexibility index (Phi) is 10.3. The Morgan fingerprint density at radius 1 is 0.959 bits per heavy atom. The van der Waals surface area contributed by atoms with Crippen molar-refractivity contribution in [2.45, 2.75) is 85.0 Å². The lowest BCUT2D eigenvalue weighted by atomic mass is 9.97. The predicted molar refractivity (Wildman–Crippen MR) is 188 cm³/mol. The van der Waals surface area contributed by atoms with Gasteiger partial charge in [0.25, 0.3) is 0 Å². The molecule has 1 aliphatic rings. The Balaban J connectivity index is 1.68. The quantitative estimate of drug-likeness (QED) is 0.209. The van der Waals surface area contributed by atoms with Gasteiger partial charge in [-0.15, -0.1) is 11.3 Å². The number of carbonyl (C=O) groups is 3. The number of aromatic nitrogens is 3. The molecule has 13 heteroatoms. The summed E-state index contributed by atoms with van der Waals surface area (Å²) >= 11 is 1.52. The van der Waals surface area contributed by atoms with Crippen molar-refractivity contribution in [2.24, 2.45) is 0 Å². The highest BCUT2D eigenvalue weighted by molar-refractivity contribution is 7.15. The third-order valence-corrected chi connectivity index (χ3v) is 9.11. The van der Waals surface area contributed by atoms with E-state index < -0.39 is 29.5 Å². The van der Waals surface area contributed by atoms with Crippen molar-refractivity contribution in [1.82, 2.24) is 19.9 Å². The fourth-order valence-electron chi connectivity index (χ4n) is 5.60. The molecule has 0 unspecified atom stereocenters.